The van der Waals surface area contributed by atoms with Crippen LogP contribution in [0, 0.1) is 13.8 Å². The van der Waals surface area contributed by atoms with Gasteiger partial charge in [0, 0.05) is 38.4 Å². The van der Waals surface area contributed by atoms with Crippen LogP contribution in [0.5, 0.6) is 0 Å². The van der Waals surface area contributed by atoms with Crippen LogP contribution in [0.15, 0.2) is 42.5 Å². The van der Waals surface area contributed by atoms with Crippen LogP contribution in [-0.2, 0) is 6.54 Å². The molecule has 2 aromatic rings. The van der Waals surface area contributed by atoms with E-state index in [2.05, 4.69) is 41.1 Å². The van der Waals surface area contributed by atoms with E-state index in [4.69, 9.17) is 0 Å². The molecule has 1 fully saturated rings. The normalized spacial score (nSPS) is 15.7. The summed E-state index contributed by atoms with van der Waals surface area (Å²) in [6.45, 7) is 8.33. The molecule has 1 aromatic heterocycles. The van der Waals surface area contributed by atoms with Crippen molar-refractivity contribution < 1.29 is 4.79 Å². The van der Waals surface area contributed by atoms with Gasteiger partial charge in [-0.1, -0.05) is 35.9 Å². The zero-order valence-corrected chi connectivity index (χ0v) is 13.8. The highest BCUT2D eigenvalue weighted by molar-refractivity contribution is 5.92. The van der Waals surface area contributed by atoms with Gasteiger partial charge < -0.3 is 4.90 Å². The van der Waals surface area contributed by atoms with Crippen LogP contribution in [0.25, 0.3) is 0 Å². The first-order valence-corrected chi connectivity index (χ1v) is 8.13. The lowest BCUT2D eigenvalue weighted by Crippen LogP contribution is -2.48. The Morgan fingerprint density at radius 3 is 2.48 bits per heavy atom. The molecule has 0 aliphatic carbocycles. The minimum Gasteiger partial charge on any atom is -0.335 e. The van der Waals surface area contributed by atoms with Gasteiger partial charge in [0.25, 0.3) is 5.91 Å². The molecule has 1 aromatic carbocycles. The largest absolute Gasteiger partial charge is 0.335 e. The van der Waals surface area contributed by atoms with Crippen molar-refractivity contribution in [3.05, 3.63) is 65.0 Å². The van der Waals surface area contributed by atoms with Gasteiger partial charge in [-0.05, 0) is 31.5 Å². The van der Waals surface area contributed by atoms with Gasteiger partial charge in [-0.25, -0.2) is 4.98 Å². The number of hydrogen-bond acceptors (Lipinski definition) is 3. The van der Waals surface area contributed by atoms with Crippen LogP contribution >= 0.6 is 0 Å². The van der Waals surface area contributed by atoms with E-state index in [1.54, 1.807) is 6.07 Å². The lowest BCUT2D eigenvalue weighted by Gasteiger charge is -2.34. The maximum Gasteiger partial charge on any atom is 0.272 e. The molecule has 0 saturated carbocycles. The molecule has 2 heterocycles. The van der Waals surface area contributed by atoms with Gasteiger partial charge in [0.2, 0.25) is 0 Å². The molecule has 120 valence electrons. The molecule has 1 saturated heterocycles. The van der Waals surface area contributed by atoms with Crippen molar-refractivity contribution >= 4 is 5.91 Å². The van der Waals surface area contributed by atoms with E-state index in [0.29, 0.717) is 5.69 Å². The number of nitrogens with zero attached hydrogens (tertiary/aromatic N) is 3. The molecule has 0 spiro atoms. The second kappa shape index (κ2) is 6.92. The Bertz CT molecular complexity index is 691. The third kappa shape index (κ3) is 3.96. The average molecular weight is 309 g/mol. The number of pyridine rings is 1. The Hall–Kier alpha value is -2.20. The fourth-order valence-corrected chi connectivity index (χ4v) is 3.00. The van der Waals surface area contributed by atoms with Crippen LogP contribution < -0.4 is 0 Å². The maximum atomic E-state index is 12.5. The summed E-state index contributed by atoms with van der Waals surface area (Å²) in [6, 6.07) is 14.2. The van der Waals surface area contributed by atoms with E-state index < -0.39 is 0 Å². The number of piperazine rings is 1. The van der Waals surface area contributed by atoms with Crippen LogP contribution in [-0.4, -0.2) is 46.9 Å². The van der Waals surface area contributed by atoms with Crippen LogP contribution in [0.4, 0.5) is 0 Å². The van der Waals surface area contributed by atoms with Gasteiger partial charge in [-0.15, -0.1) is 0 Å². The van der Waals surface area contributed by atoms with Crippen LogP contribution in [0.3, 0.4) is 0 Å². The van der Waals surface area contributed by atoms with Crippen molar-refractivity contribution in [2.24, 2.45) is 0 Å². The Morgan fingerprint density at radius 2 is 1.78 bits per heavy atom. The number of carbonyl (C=O) groups excluding carboxylic acids is 1. The molecular weight excluding hydrogens is 286 g/mol. The van der Waals surface area contributed by atoms with Crippen molar-refractivity contribution in [3.63, 3.8) is 0 Å². The summed E-state index contributed by atoms with van der Waals surface area (Å²) in [4.78, 5) is 21.2. The number of rotatable bonds is 3. The fraction of sp³-hybridized carbons (Fsp3) is 0.368. The third-order valence-electron chi connectivity index (χ3n) is 4.26. The Balaban J connectivity index is 1.57. The van der Waals surface area contributed by atoms with Crippen molar-refractivity contribution in [1.82, 2.24) is 14.8 Å². The minimum absolute atomic E-state index is 0.0453. The summed E-state index contributed by atoms with van der Waals surface area (Å²) in [6.07, 6.45) is 0. The second-order valence-electron chi connectivity index (χ2n) is 6.22. The van der Waals surface area contributed by atoms with Gasteiger partial charge in [-0.2, -0.15) is 0 Å². The standard InChI is InChI=1S/C19H23N3O/c1-15-5-3-7-17(13-15)14-21-9-11-22(12-10-21)19(23)18-8-4-6-16(2)20-18/h3-8,13H,9-12,14H2,1-2H3. The van der Waals surface area contributed by atoms with E-state index in [1.165, 1.54) is 11.1 Å². The van der Waals surface area contributed by atoms with Gasteiger partial charge in [0.1, 0.15) is 5.69 Å². The molecule has 0 atom stereocenters. The summed E-state index contributed by atoms with van der Waals surface area (Å²) in [5.41, 5.74) is 4.07. The molecule has 1 amide bonds. The SMILES string of the molecule is Cc1cccc(CN2CCN(C(=O)c3cccc(C)n3)CC2)c1. The highest BCUT2D eigenvalue weighted by Gasteiger charge is 2.22. The highest BCUT2D eigenvalue weighted by atomic mass is 16.2. The van der Waals surface area contributed by atoms with Crippen molar-refractivity contribution in [3.8, 4) is 0 Å². The number of amides is 1. The van der Waals surface area contributed by atoms with Crippen molar-refractivity contribution in [2.45, 2.75) is 20.4 Å². The number of hydrogen-bond donors (Lipinski definition) is 0. The zero-order chi connectivity index (χ0) is 16.2. The van der Waals surface area contributed by atoms with E-state index >= 15 is 0 Å². The quantitative estimate of drug-likeness (QED) is 0.874. The molecular formula is C19H23N3O. The number of aryl methyl sites for hydroxylation is 2. The molecule has 23 heavy (non-hydrogen) atoms. The van der Waals surface area contributed by atoms with Gasteiger partial charge in [0.05, 0.1) is 0 Å². The molecule has 4 heteroatoms. The first kappa shape index (κ1) is 15.7. The molecule has 4 nitrogen and oxygen atoms in total. The summed E-state index contributed by atoms with van der Waals surface area (Å²) in [5.74, 6) is 0.0453. The maximum absolute atomic E-state index is 12.5. The summed E-state index contributed by atoms with van der Waals surface area (Å²) in [7, 11) is 0. The van der Waals surface area contributed by atoms with Crippen molar-refractivity contribution in [2.75, 3.05) is 26.2 Å². The van der Waals surface area contributed by atoms with E-state index in [1.807, 2.05) is 24.0 Å². The predicted molar refractivity (Wildman–Crippen MR) is 91.3 cm³/mol. The van der Waals surface area contributed by atoms with Gasteiger partial charge in [0.15, 0.2) is 0 Å². The molecule has 0 unspecified atom stereocenters. The van der Waals surface area contributed by atoms with Gasteiger partial charge in [-0.3, -0.25) is 9.69 Å². The van der Waals surface area contributed by atoms with E-state index in [-0.39, 0.29) is 5.91 Å². The second-order valence-corrected chi connectivity index (χ2v) is 6.22. The summed E-state index contributed by atoms with van der Waals surface area (Å²) >= 11 is 0. The summed E-state index contributed by atoms with van der Waals surface area (Å²) in [5, 5.41) is 0. The smallest absolute Gasteiger partial charge is 0.272 e. The molecule has 0 bridgehead atoms. The van der Waals surface area contributed by atoms with Crippen molar-refractivity contribution in [1.29, 1.82) is 0 Å². The first-order chi connectivity index (χ1) is 11.1. The van der Waals surface area contributed by atoms with Crippen LogP contribution in [0.2, 0.25) is 0 Å². The number of benzene rings is 1. The van der Waals surface area contributed by atoms with Gasteiger partial charge >= 0.3 is 0 Å². The Morgan fingerprint density at radius 1 is 1.04 bits per heavy atom. The fourth-order valence-electron chi connectivity index (χ4n) is 3.00. The minimum atomic E-state index is 0.0453. The van der Waals surface area contributed by atoms with E-state index in [0.717, 1.165) is 38.4 Å². The molecule has 1 aliphatic rings. The molecule has 0 N–H and O–H groups in total. The molecule has 1 aliphatic heterocycles. The zero-order valence-electron chi connectivity index (χ0n) is 13.8. The van der Waals surface area contributed by atoms with Crippen LogP contribution in [0.1, 0.15) is 27.3 Å². The average Bonchev–Trinajstić information content (AvgIpc) is 2.55. The lowest BCUT2D eigenvalue weighted by atomic mass is 10.1. The third-order valence-corrected chi connectivity index (χ3v) is 4.26. The molecule has 0 radical (unpaired) electrons. The topological polar surface area (TPSA) is 36.4 Å². The summed E-state index contributed by atoms with van der Waals surface area (Å²) < 4.78 is 0. The molecule has 3 rings (SSSR count). The number of aromatic nitrogens is 1. The Labute approximate surface area is 137 Å². The Kier molecular flexibility index (Phi) is 4.72. The highest BCUT2D eigenvalue weighted by Crippen LogP contribution is 2.12. The number of carbonyl (C=O) groups is 1. The monoisotopic (exact) mass is 309 g/mol. The van der Waals surface area contributed by atoms with E-state index in [9.17, 15) is 4.79 Å². The predicted octanol–water partition coefficient (Wildman–Crippen LogP) is 2.66. The first-order valence-electron chi connectivity index (χ1n) is 8.13. The lowest BCUT2D eigenvalue weighted by molar-refractivity contribution is 0.0622.